The summed E-state index contributed by atoms with van der Waals surface area (Å²) in [5, 5.41) is 0. The Morgan fingerprint density at radius 2 is 1.62 bits per heavy atom. The van der Waals surface area contributed by atoms with Gasteiger partial charge in [-0.3, -0.25) is 0 Å². The molecule has 0 saturated heterocycles. The van der Waals surface area contributed by atoms with Gasteiger partial charge in [-0.1, -0.05) is 91.5 Å². The quantitative estimate of drug-likeness (QED) is 0.586. The minimum Gasteiger partial charge on any atom is -0.0952 e. The van der Waals surface area contributed by atoms with Crippen molar-refractivity contribution in [2.75, 3.05) is 0 Å². The van der Waals surface area contributed by atoms with E-state index in [4.69, 9.17) is 0 Å². The number of hydrogen-bond donors (Lipinski definition) is 0. The molecule has 0 heteroatoms. The van der Waals surface area contributed by atoms with E-state index in [1.54, 1.807) is 0 Å². The van der Waals surface area contributed by atoms with E-state index in [1.807, 2.05) is 6.07 Å². The SMILES string of the molecule is C=C(CC(=C)c1ccccc1)C1=CC=CC1Cc1ccc(C)cc1. The summed E-state index contributed by atoms with van der Waals surface area (Å²) in [5.41, 5.74) is 7.51. The second-order valence-electron chi connectivity index (χ2n) is 6.55. The molecule has 0 N–H and O–H groups in total. The fourth-order valence-corrected chi connectivity index (χ4v) is 3.19. The molecule has 1 aliphatic rings. The van der Waals surface area contributed by atoms with E-state index >= 15 is 0 Å². The number of rotatable bonds is 6. The van der Waals surface area contributed by atoms with Gasteiger partial charge >= 0.3 is 0 Å². The Kier molecular flexibility index (Phi) is 4.96. The van der Waals surface area contributed by atoms with Crippen molar-refractivity contribution in [2.45, 2.75) is 19.8 Å². The zero-order chi connectivity index (χ0) is 16.9. The summed E-state index contributed by atoms with van der Waals surface area (Å²) >= 11 is 0. The van der Waals surface area contributed by atoms with Crippen LogP contribution in [0.1, 0.15) is 23.1 Å². The lowest BCUT2D eigenvalue weighted by Crippen LogP contribution is -2.05. The maximum atomic E-state index is 4.34. The van der Waals surface area contributed by atoms with Gasteiger partial charge in [-0.05, 0) is 47.6 Å². The molecule has 2 aromatic rings. The number of aryl methyl sites for hydroxylation is 1. The predicted molar refractivity (Wildman–Crippen MR) is 105 cm³/mol. The summed E-state index contributed by atoms with van der Waals surface area (Å²) in [4.78, 5) is 0. The summed E-state index contributed by atoms with van der Waals surface area (Å²) in [6.07, 6.45) is 8.50. The third-order valence-electron chi connectivity index (χ3n) is 4.61. The molecule has 0 amide bonds. The van der Waals surface area contributed by atoms with Gasteiger partial charge in [0.15, 0.2) is 0 Å². The fourth-order valence-electron chi connectivity index (χ4n) is 3.19. The van der Waals surface area contributed by atoms with Crippen LogP contribution < -0.4 is 0 Å². The fraction of sp³-hybridized carbons (Fsp3) is 0.167. The maximum Gasteiger partial charge on any atom is 0.00641 e. The van der Waals surface area contributed by atoms with Crippen LogP contribution in [0.15, 0.2) is 97.1 Å². The Bertz CT molecular complexity index is 786. The molecule has 0 nitrogen and oxygen atoms in total. The third-order valence-corrected chi connectivity index (χ3v) is 4.61. The molecular formula is C24H24. The lowest BCUT2D eigenvalue weighted by Gasteiger charge is -2.18. The first-order valence-electron chi connectivity index (χ1n) is 8.49. The molecule has 1 unspecified atom stereocenters. The first kappa shape index (κ1) is 16.3. The van der Waals surface area contributed by atoms with Crippen molar-refractivity contribution in [1.29, 1.82) is 0 Å². The largest absolute Gasteiger partial charge is 0.0952 e. The lowest BCUT2D eigenvalue weighted by atomic mass is 9.87. The van der Waals surface area contributed by atoms with Crippen LogP contribution in [0.3, 0.4) is 0 Å². The third kappa shape index (κ3) is 3.83. The van der Waals surface area contributed by atoms with Crippen LogP contribution in [0, 0.1) is 12.8 Å². The molecule has 0 saturated carbocycles. The van der Waals surface area contributed by atoms with Crippen LogP contribution in [-0.2, 0) is 6.42 Å². The molecule has 0 heterocycles. The van der Waals surface area contributed by atoms with E-state index < -0.39 is 0 Å². The van der Waals surface area contributed by atoms with E-state index in [2.05, 4.69) is 86.8 Å². The highest BCUT2D eigenvalue weighted by molar-refractivity contribution is 5.67. The molecule has 2 aromatic carbocycles. The summed E-state index contributed by atoms with van der Waals surface area (Å²) < 4.78 is 0. The first-order chi connectivity index (χ1) is 11.6. The Hall–Kier alpha value is -2.60. The van der Waals surface area contributed by atoms with Gasteiger partial charge in [-0.2, -0.15) is 0 Å². The standard InChI is InChI=1S/C24H24/c1-18-12-14-21(15-13-18)17-23-10-7-11-24(23)20(3)16-19(2)22-8-5-4-6-9-22/h4-15,23H,2-3,16-17H2,1H3. The van der Waals surface area contributed by atoms with Crippen molar-refractivity contribution in [3.8, 4) is 0 Å². The molecule has 24 heavy (non-hydrogen) atoms. The van der Waals surface area contributed by atoms with Gasteiger partial charge in [0.05, 0.1) is 0 Å². The van der Waals surface area contributed by atoms with Crippen molar-refractivity contribution in [1.82, 2.24) is 0 Å². The zero-order valence-corrected chi connectivity index (χ0v) is 14.3. The highest BCUT2D eigenvalue weighted by Gasteiger charge is 2.18. The molecule has 3 rings (SSSR count). The molecule has 0 aromatic heterocycles. The summed E-state index contributed by atoms with van der Waals surface area (Å²) in [6, 6.07) is 19.2. The molecular weight excluding hydrogens is 288 g/mol. The van der Waals surface area contributed by atoms with Gasteiger partial charge in [0.2, 0.25) is 0 Å². The molecule has 0 bridgehead atoms. The number of hydrogen-bond acceptors (Lipinski definition) is 0. The average Bonchev–Trinajstić information content (AvgIpc) is 3.06. The van der Waals surface area contributed by atoms with E-state index in [0.717, 1.165) is 18.4 Å². The highest BCUT2D eigenvalue weighted by atomic mass is 14.2. The average molecular weight is 312 g/mol. The molecule has 0 spiro atoms. The lowest BCUT2D eigenvalue weighted by molar-refractivity contribution is 0.769. The topological polar surface area (TPSA) is 0 Å². The van der Waals surface area contributed by atoms with Crippen molar-refractivity contribution in [2.24, 2.45) is 5.92 Å². The van der Waals surface area contributed by atoms with Crippen LogP contribution in [-0.4, -0.2) is 0 Å². The Labute approximate surface area is 145 Å². The maximum absolute atomic E-state index is 4.34. The van der Waals surface area contributed by atoms with Gasteiger partial charge in [-0.15, -0.1) is 0 Å². The van der Waals surface area contributed by atoms with Crippen molar-refractivity contribution in [3.05, 3.63) is 114 Å². The van der Waals surface area contributed by atoms with Crippen LogP contribution >= 0.6 is 0 Å². The van der Waals surface area contributed by atoms with E-state index in [1.165, 1.54) is 27.8 Å². The minimum absolute atomic E-state index is 0.420. The molecule has 0 fully saturated rings. The van der Waals surface area contributed by atoms with Gasteiger partial charge in [-0.25, -0.2) is 0 Å². The van der Waals surface area contributed by atoms with Gasteiger partial charge < -0.3 is 0 Å². The van der Waals surface area contributed by atoms with E-state index in [-0.39, 0.29) is 0 Å². The Balaban J connectivity index is 1.66. The van der Waals surface area contributed by atoms with Crippen LogP contribution in [0.2, 0.25) is 0 Å². The Morgan fingerprint density at radius 1 is 0.917 bits per heavy atom. The van der Waals surface area contributed by atoms with E-state index in [0.29, 0.717) is 5.92 Å². The molecule has 0 aliphatic heterocycles. The summed E-state index contributed by atoms with van der Waals surface area (Å²) in [5.74, 6) is 0.420. The van der Waals surface area contributed by atoms with Crippen LogP contribution in [0.4, 0.5) is 0 Å². The predicted octanol–water partition coefficient (Wildman–Crippen LogP) is 6.31. The van der Waals surface area contributed by atoms with Gasteiger partial charge in [0, 0.05) is 5.92 Å². The normalized spacial score (nSPS) is 16.0. The zero-order valence-electron chi connectivity index (χ0n) is 14.3. The molecule has 1 aliphatic carbocycles. The first-order valence-corrected chi connectivity index (χ1v) is 8.49. The van der Waals surface area contributed by atoms with Crippen molar-refractivity contribution < 1.29 is 0 Å². The van der Waals surface area contributed by atoms with Crippen LogP contribution in [0.5, 0.6) is 0 Å². The number of allylic oxidation sites excluding steroid dienone is 6. The molecule has 0 radical (unpaired) electrons. The summed E-state index contributed by atoms with van der Waals surface area (Å²) in [6.45, 7) is 10.7. The second kappa shape index (κ2) is 7.31. The van der Waals surface area contributed by atoms with Crippen molar-refractivity contribution in [3.63, 3.8) is 0 Å². The van der Waals surface area contributed by atoms with Crippen LogP contribution in [0.25, 0.3) is 5.57 Å². The smallest absolute Gasteiger partial charge is 0.00641 e. The second-order valence-corrected chi connectivity index (χ2v) is 6.55. The van der Waals surface area contributed by atoms with Gasteiger partial charge in [0.1, 0.15) is 0 Å². The minimum atomic E-state index is 0.420. The Morgan fingerprint density at radius 3 is 2.33 bits per heavy atom. The molecule has 1 atom stereocenters. The number of benzene rings is 2. The monoisotopic (exact) mass is 312 g/mol. The van der Waals surface area contributed by atoms with Gasteiger partial charge in [0.25, 0.3) is 0 Å². The molecule has 120 valence electrons. The van der Waals surface area contributed by atoms with E-state index in [9.17, 15) is 0 Å². The highest BCUT2D eigenvalue weighted by Crippen LogP contribution is 2.33. The summed E-state index contributed by atoms with van der Waals surface area (Å²) in [7, 11) is 0. The van der Waals surface area contributed by atoms with Crippen molar-refractivity contribution >= 4 is 5.57 Å².